The Hall–Kier alpha value is -1.10. The van der Waals surface area contributed by atoms with Crippen LogP contribution in [0.4, 0.5) is 0 Å². The van der Waals surface area contributed by atoms with E-state index >= 15 is 0 Å². The normalized spacial score (nSPS) is 10.9. The molecule has 2 aromatic carbocycles. The third kappa shape index (κ3) is 3.14. The topological polar surface area (TPSA) is 22.1 Å². The molecule has 0 unspecified atom stereocenters. The number of nitrogens with zero attached hydrogens (tertiary/aromatic N) is 1. The number of fused-ring (bicyclic) bond motifs is 1. The fraction of sp³-hybridized carbons (Fsp3) is 0.118. The van der Waals surface area contributed by atoms with Gasteiger partial charge in [0, 0.05) is 21.3 Å². The summed E-state index contributed by atoms with van der Waals surface area (Å²) in [5.74, 6) is 0.815. The Morgan fingerprint density at radius 1 is 1.05 bits per heavy atom. The molecule has 0 atom stereocenters. The highest BCUT2D eigenvalue weighted by Gasteiger charge is 2.15. The van der Waals surface area contributed by atoms with Gasteiger partial charge in [-0.15, -0.1) is 0 Å². The Labute approximate surface area is 150 Å². The average molecular weight is 442 g/mol. The zero-order chi connectivity index (χ0) is 15.5. The van der Waals surface area contributed by atoms with Gasteiger partial charge in [0.1, 0.15) is 5.75 Å². The fourth-order valence-electron chi connectivity index (χ4n) is 2.24. The third-order valence-corrected chi connectivity index (χ3v) is 4.54. The van der Waals surface area contributed by atoms with Crippen LogP contribution in [-0.2, 0) is 0 Å². The van der Waals surface area contributed by atoms with E-state index in [0.29, 0.717) is 11.6 Å². The molecule has 22 heavy (non-hydrogen) atoms. The molecule has 0 bridgehead atoms. The van der Waals surface area contributed by atoms with Crippen LogP contribution < -0.4 is 4.74 Å². The number of ether oxygens (including phenoxy) is 1. The molecule has 0 saturated heterocycles. The molecule has 0 radical (unpaired) electrons. The van der Waals surface area contributed by atoms with E-state index in [2.05, 4.69) is 31.9 Å². The molecule has 0 amide bonds. The highest BCUT2D eigenvalue weighted by molar-refractivity contribution is 9.10. The second-order valence-electron chi connectivity index (χ2n) is 4.67. The molecule has 112 valence electrons. The summed E-state index contributed by atoms with van der Waals surface area (Å²) in [6.07, 6.45) is 0. The summed E-state index contributed by atoms with van der Waals surface area (Å²) in [5.41, 5.74) is 2.74. The summed E-state index contributed by atoms with van der Waals surface area (Å²) >= 11 is 13.0. The lowest BCUT2D eigenvalue weighted by atomic mass is 10.1. The summed E-state index contributed by atoms with van der Waals surface area (Å²) in [4.78, 5) is 4.76. The van der Waals surface area contributed by atoms with Gasteiger partial charge in [-0.05, 0) is 40.2 Å². The number of aromatic nitrogens is 1. The lowest BCUT2D eigenvalue weighted by Crippen LogP contribution is -2.01. The molecule has 0 fully saturated rings. The van der Waals surface area contributed by atoms with Crippen LogP contribution in [-0.4, -0.2) is 16.9 Å². The maximum Gasteiger partial charge on any atom is 0.145 e. The Bertz CT molecular complexity index is 806. The van der Waals surface area contributed by atoms with Crippen LogP contribution in [0.3, 0.4) is 0 Å². The van der Waals surface area contributed by atoms with Gasteiger partial charge in [-0.2, -0.15) is 0 Å². The van der Waals surface area contributed by atoms with Gasteiger partial charge in [-0.25, -0.2) is 4.98 Å². The minimum atomic E-state index is 0.590. The van der Waals surface area contributed by atoms with Gasteiger partial charge in [-0.3, -0.25) is 0 Å². The molecule has 0 N–H and O–H groups in total. The van der Waals surface area contributed by atoms with Gasteiger partial charge >= 0.3 is 0 Å². The minimum absolute atomic E-state index is 0.590. The van der Waals surface area contributed by atoms with Crippen molar-refractivity contribution in [3.8, 4) is 17.0 Å². The van der Waals surface area contributed by atoms with Crippen molar-refractivity contribution in [3.63, 3.8) is 0 Å². The number of pyridine rings is 1. The first-order valence-electron chi connectivity index (χ1n) is 6.73. The molecule has 0 aliphatic carbocycles. The minimum Gasteiger partial charge on any atom is -0.491 e. The number of benzene rings is 2. The van der Waals surface area contributed by atoms with E-state index in [4.69, 9.17) is 21.3 Å². The molecule has 2 nitrogen and oxygen atoms in total. The van der Waals surface area contributed by atoms with Crippen LogP contribution in [0, 0.1) is 0 Å². The summed E-state index contributed by atoms with van der Waals surface area (Å²) < 4.78 is 6.78. The first-order valence-corrected chi connectivity index (χ1v) is 9.03. The predicted octanol–water partition coefficient (Wildman–Crippen LogP) is 6.09. The maximum absolute atomic E-state index is 5.97. The molecule has 5 heteroatoms. The average Bonchev–Trinajstić information content (AvgIpc) is 2.54. The van der Waals surface area contributed by atoms with Crippen LogP contribution in [0.5, 0.6) is 5.75 Å². The van der Waals surface area contributed by atoms with Crippen LogP contribution >= 0.6 is 43.5 Å². The molecule has 3 rings (SSSR count). The number of hydrogen-bond donors (Lipinski definition) is 0. The number of hydrogen-bond acceptors (Lipinski definition) is 2. The van der Waals surface area contributed by atoms with Crippen molar-refractivity contribution >= 4 is 54.4 Å². The Balaban J connectivity index is 2.22. The zero-order valence-electron chi connectivity index (χ0n) is 11.5. The molecule has 0 aliphatic heterocycles. The van der Waals surface area contributed by atoms with E-state index in [1.54, 1.807) is 0 Å². The molecule has 3 aromatic rings. The van der Waals surface area contributed by atoms with E-state index < -0.39 is 0 Å². The van der Waals surface area contributed by atoms with Gasteiger partial charge in [0.15, 0.2) is 0 Å². The first kappa shape index (κ1) is 15.8. The van der Waals surface area contributed by atoms with E-state index in [-0.39, 0.29) is 0 Å². The SMILES string of the molecule is Clc1ccc(-c2nc3ccccc3c(OCCBr)c2Br)cc1. The molecule has 1 aromatic heterocycles. The highest BCUT2D eigenvalue weighted by Crippen LogP contribution is 2.39. The van der Waals surface area contributed by atoms with Gasteiger partial charge < -0.3 is 4.74 Å². The van der Waals surface area contributed by atoms with Crippen molar-refractivity contribution < 1.29 is 4.74 Å². The van der Waals surface area contributed by atoms with Crippen LogP contribution in [0.2, 0.25) is 5.02 Å². The summed E-state index contributed by atoms with van der Waals surface area (Å²) in [7, 11) is 0. The lowest BCUT2D eigenvalue weighted by molar-refractivity contribution is 0.347. The monoisotopic (exact) mass is 439 g/mol. The van der Waals surface area contributed by atoms with E-state index in [1.165, 1.54) is 0 Å². The van der Waals surface area contributed by atoms with Gasteiger partial charge in [0.2, 0.25) is 0 Å². The maximum atomic E-state index is 5.97. The van der Waals surface area contributed by atoms with Gasteiger partial charge in [0.25, 0.3) is 0 Å². The van der Waals surface area contributed by atoms with Gasteiger partial charge in [-0.1, -0.05) is 51.8 Å². The van der Waals surface area contributed by atoms with Crippen LogP contribution in [0.1, 0.15) is 0 Å². The van der Waals surface area contributed by atoms with E-state index in [0.717, 1.165) is 37.7 Å². The van der Waals surface area contributed by atoms with Crippen LogP contribution in [0.25, 0.3) is 22.2 Å². The van der Waals surface area contributed by atoms with Gasteiger partial charge in [0.05, 0.1) is 22.3 Å². The van der Waals surface area contributed by atoms with Crippen molar-refractivity contribution in [1.82, 2.24) is 4.98 Å². The van der Waals surface area contributed by atoms with Crippen molar-refractivity contribution in [2.45, 2.75) is 0 Å². The number of alkyl halides is 1. The van der Waals surface area contributed by atoms with Crippen molar-refractivity contribution in [1.29, 1.82) is 0 Å². The summed E-state index contributed by atoms with van der Waals surface area (Å²) in [6, 6.07) is 15.6. The van der Waals surface area contributed by atoms with Crippen molar-refractivity contribution in [2.24, 2.45) is 0 Å². The van der Waals surface area contributed by atoms with Crippen LogP contribution in [0.15, 0.2) is 53.0 Å². The zero-order valence-corrected chi connectivity index (χ0v) is 15.5. The van der Waals surface area contributed by atoms with E-state index in [1.807, 2.05) is 48.5 Å². The highest BCUT2D eigenvalue weighted by atomic mass is 79.9. The standard InChI is InChI=1S/C17H12Br2ClNO/c18-9-10-22-17-13-3-1-2-4-14(13)21-16(15(17)19)11-5-7-12(20)8-6-11/h1-8H,9-10H2. The second kappa shape index (κ2) is 6.99. The number of para-hydroxylation sites is 1. The lowest BCUT2D eigenvalue weighted by Gasteiger charge is -2.14. The second-order valence-corrected chi connectivity index (χ2v) is 6.69. The summed E-state index contributed by atoms with van der Waals surface area (Å²) in [6.45, 7) is 0.590. The first-order chi connectivity index (χ1) is 10.7. The third-order valence-electron chi connectivity index (χ3n) is 3.23. The Morgan fingerprint density at radius 2 is 1.77 bits per heavy atom. The molecule has 0 saturated carbocycles. The molecule has 0 aliphatic rings. The Morgan fingerprint density at radius 3 is 2.50 bits per heavy atom. The summed E-state index contributed by atoms with van der Waals surface area (Å²) in [5, 5.41) is 2.47. The van der Waals surface area contributed by atoms with Crippen molar-refractivity contribution in [3.05, 3.63) is 58.0 Å². The number of halogens is 3. The molecular formula is C17H12Br2ClNO. The molecule has 1 heterocycles. The smallest absolute Gasteiger partial charge is 0.145 e. The largest absolute Gasteiger partial charge is 0.491 e. The predicted molar refractivity (Wildman–Crippen MR) is 99.2 cm³/mol. The van der Waals surface area contributed by atoms with E-state index in [9.17, 15) is 0 Å². The quantitative estimate of drug-likeness (QED) is 0.457. The van der Waals surface area contributed by atoms with Crippen molar-refractivity contribution in [2.75, 3.05) is 11.9 Å². The number of rotatable bonds is 4. The fourth-order valence-corrected chi connectivity index (χ4v) is 3.17. The molecule has 0 spiro atoms. The molecular weight excluding hydrogens is 429 g/mol. The Kier molecular flexibility index (Phi) is 5.01.